The number of ether oxygens (including phenoxy) is 1. The molecule has 0 atom stereocenters. The van der Waals surface area contributed by atoms with Gasteiger partial charge in [-0.25, -0.2) is 4.79 Å². The second-order valence-electron chi connectivity index (χ2n) is 3.91. The Balaban J connectivity index is 2.52. The molecule has 100 valence electrons. The Kier molecular flexibility index (Phi) is 6.05. The number of carbonyl (C=O) groups excluding carboxylic acids is 1. The van der Waals surface area contributed by atoms with Gasteiger partial charge in [-0.05, 0) is 38.5 Å². The summed E-state index contributed by atoms with van der Waals surface area (Å²) < 4.78 is 5.42. The Hall–Kier alpha value is -1.71. The summed E-state index contributed by atoms with van der Waals surface area (Å²) in [6, 6.07) is 7.75. The van der Waals surface area contributed by atoms with Crippen molar-refractivity contribution in [2.45, 2.75) is 27.3 Å². The summed E-state index contributed by atoms with van der Waals surface area (Å²) in [5, 5.41) is 2.90. The van der Waals surface area contributed by atoms with Gasteiger partial charge in [0.2, 0.25) is 0 Å². The SMILES string of the molecule is CCOc1cccc(CNC(=O)N(CC)CC)c1. The normalized spacial score (nSPS) is 9.94. The zero-order chi connectivity index (χ0) is 13.4. The Morgan fingerprint density at radius 1 is 1.28 bits per heavy atom. The second kappa shape index (κ2) is 7.58. The first-order valence-electron chi connectivity index (χ1n) is 6.45. The summed E-state index contributed by atoms with van der Waals surface area (Å²) in [5.41, 5.74) is 1.04. The summed E-state index contributed by atoms with van der Waals surface area (Å²) in [5.74, 6) is 0.840. The molecule has 2 amide bonds. The molecule has 1 N–H and O–H groups in total. The lowest BCUT2D eigenvalue weighted by Gasteiger charge is -2.19. The highest BCUT2D eigenvalue weighted by Gasteiger charge is 2.08. The molecule has 18 heavy (non-hydrogen) atoms. The second-order valence-corrected chi connectivity index (χ2v) is 3.91. The van der Waals surface area contributed by atoms with Crippen molar-refractivity contribution in [3.8, 4) is 5.75 Å². The zero-order valence-electron chi connectivity index (χ0n) is 11.4. The fourth-order valence-electron chi connectivity index (χ4n) is 1.71. The molecule has 0 aliphatic carbocycles. The van der Waals surface area contributed by atoms with Gasteiger partial charge >= 0.3 is 6.03 Å². The summed E-state index contributed by atoms with van der Waals surface area (Å²) in [6.07, 6.45) is 0. The minimum absolute atomic E-state index is 0.0261. The van der Waals surface area contributed by atoms with Gasteiger partial charge in [-0.3, -0.25) is 0 Å². The number of nitrogens with zero attached hydrogens (tertiary/aromatic N) is 1. The lowest BCUT2D eigenvalue weighted by molar-refractivity contribution is 0.203. The number of rotatable bonds is 6. The Morgan fingerprint density at radius 2 is 2.00 bits per heavy atom. The first-order chi connectivity index (χ1) is 8.71. The van der Waals surface area contributed by atoms with Gasteiger partial charge in [-0.2, -0.15) is 0 Å². The van der Waals surface area contributed by atoms with Crippen molar-refractivity contribution in [3.63, 3.8) is 0 Å². The molecule has 4 nitrogen and oxygen atoms in total. The summed E-state index contributed by atoms with van der Waals surface area (Å²) in [4.78, 5) is 13.5. The molecule has 0 spiro atoms. The van der Waals surface area contributed by atoms with Crippen LogP contribution in [-0.2, 0) is 6.54 Å². The molecule has 0 saturated carbocycles. The molecule has 4 heteroatoms. The summed E-state index contributed by atoms with van der Waals surface area (Å²) in [6.45, 7) is 8.51. The van der Waals surface area contributed by atoms with Crippen molar-refractivity contribution in [3.05, 3.63) is 29.8 Å². The predicted molar refractivity (Wildman–Crippen MR) is 72.8 cm³/mol. The maximum atomic E-state index is 11.8. The Labute approximate surface area is 109 Å². The minimum atomic E-state index is -0.0261. The number of carbonyl (C=O) groups is 1. The number of nitrogens with one attached hydrogen (secondary N) is 1. The van der Waals surface area contributed by atoms with Gasteiger partial charge < -0.3 is 15.0 Å². The van der Waals surface area contributed by atoms with Gasteiger partial charge in [0, 0.05) is 19.6 Å². The number of benzene rings is 1. The van der Waals surface area contributed by atoms with Crippen molar-refractivity contribution >= 4 is 6.03 Å². The first-order valence-corrected chi connectivity index (χ1v) is 6.45. The van der Waals surface area contributed by atoms with Crippen LogP contribution in [0.15, 0.2) is 24.3 Å². The molecule has 1 aromatic carbocycles. The molecule has 1 rings (SSSR count). The van der Waals surface area contributed by atoms with E-state index in [2.05, 4.69) is 5.32 Å². The van der Waals surface area contributed by atoms with Crippen LogP contribution in [-0.4, -0.2) is 30.6 Å². The molecule has 0 saturated heterocycles. The highest BCUT2D eigenvalue weighted by atomic mass is 16.5. The lowest BCUT2D eigenvalue weighted by Crippen LogP contribution is -2.39. The molecule has 0 aliphatic heterocycles. The van der Waals surface area contributed by atoms with E-state index in [1.165, 1.54) is 0 Å². The average Bonchev–Trinajstić information content (AvgIpc) is 2.39. The van der Waals surface area contributed by atoms with Crippen LogP contribution >= 0.6 is 0 Å². The van der Waals surface area contributed by atoms with Crippen molar-refractivity contribution in [2.75, 3.05) is 19.7 Å². The van der Waals surface area contributed by atoms with Gasteiger partial charge in [-0.1, -0.05) is 12.1 Å². The van der Waals surface area contributed by atoms with Gasteiger partial charge in [0.15, 0.2) is 0 Å². The van der Waals surface area contributed by atoms with Crippen LogP contribution in [0.1, 0.15) is 26.3 Å². The van der Waals surface area contributed by atoms with Crippen LogP contribution in [0.25, 0.3) is 0 Å². The number of amides is 2. The predicted octanol–water partition coefficient (Wildman–Crippen LogP) is 2.64. The van der Waals surface area contributed by atoms with E-state index >= 15 is 0 Å². The van der Waals surface area contributed by atoms with Crippen LogP contribution < -0.4 is 10.1 Å². The smallest absolute Gasteiger partial charge is 0.317 e. The molecule has 0 unspecified atom stereocenters. The lowest BCUT2D eigenvalue weighted by atomic mass is 10.2. The quantitative estimate of drug-likeness (QED) is 0.843. The topological polar surface area (TPSA) is 41.6 Å². The zero-order valence-corrected chi connectivity index (χ0v) is 11.4. The van der Waals surface area contributed by atoms with Crippen LogP contribution in [0.2, 0.25) is 0 Å². The molecule has 0 aliphatic rings. The number of hydrogen-bond acceptors (Lipinski definition) is 2. The molecule has 0 heterocycles. The number of urea groups is 1. The van der Waals surface area contributed by atoms with Crippen molar-refractivity contribution in [1.82, 2.24) is 10.2 Å². The third-order valence-corrected chi connectivity index (χ3v) is 2.70. The minimum Gasteiger partial charge on any atom is -0.494 e. The molecule has 0 aromatic heterocycles. The highest BCUT2D eigenvalue weighted by molar-refractivity contribution is 5.74. The molecule has 1 aromatic rings. The largest absolute Gasteiger partial charge is 0.494 e. The van der Waals surface area contributed by atoms with Crippen LogP contribution in [0.5, 0.6) is 5.75 Å². The van der Waals surface area contributed by atoms with Crippen LogP contribution in [0.3, 0.4) is 0 Å². The van der Waals surface area contributed by atoms with E-state index in [0.29, 0.717) is 13.2 Å². The van der Waals surface area contributed by atoms with E-state index in [-0.39, 0.29) is 6.03 Å². The molecule has 0 radical (unpaired) electrons. The average molecular weight is 250 g/mol. The summed E-state index contributed by atoms with van der Waals surface area (Å²) in [7, 11) is 0. The van der Waals surface area contributed by atoms with E-state index < -0.39 is 0 Å². The summed E-state index contributed by atoms with van der Waals surface area (Å²) >= 11 is 0. The van der Waals surface area contributed by atoms with E-state index in [1.54, 1.807) is 4.90 Å². The van der Waals surface area contributed by atoms with Gasteiger partial charge in [0.1, 0.15) is 5.75 Å². The van der Waals surface area contributed by atoms with Crippen molar-refractivity contribution in [2.24, 2.45) is 0 Å². The van der Waals surface area contributed by atoms with E-state index in [1.807, 2.05) is 45.0 Å². The third-order valence-electron chi connectivity index (χ3n) is 2.70. The highest BCUT2D eigenvalue weighted by Crippen LogP contribution is 2.13. The monoisotopic (exact) mass is 250 g/mol. The van der Waals surface area contributed by atoms with Crippen LogP contribution in [0.4, 0.5) is 4.79 Å². The Bertz CT molecular complexity index is 376. The number of hydrogen-bond donors (Lipinski definition) is 1. The van der Waals surface area contributed by atoms with E-state index in [0.717, 1.165) is 24.4 Å². The molecule has 0 bridgehead atoms. The maximum absolute atomic E-state index is 11.8. The first kappa shape index (κ1) is 14.4. The van der Waals surface area contributed by atoms with Crippen LogP contribution in [0, 0.1) is 0 Å². The fourth-order valence-corrected chi connectivity index (χ4v) is 1.71. The van der Waals surface area contributed by atoms with Gasteiger partial charge in [0.25, 0.3) is 0 Å². The van der Waals surface area contributed by atoms with Crippen molar-refractivity contribution in [1.29, 1.82) is 0 Å². The molecular formula is C14H22N2O2. The van der Waals surface area contributed by atoms with Gasteiger partial charge in [0.05, 0.1) is 6.61 Å². The third kappa shape index (κ3) is 4.28. The van der Waals surface area contributed by atoms with E-state index in [9.17, 15) is 4.79 Å². The Morgan fingerprint density at radius 3 is 2.61 bits per heavy atom. The van der Waals surface area contributed by atoms with E-state index in [4.69, 9.17) is 4.74 Å². The molecular weight excluding hydrogens is 228 g/mol. The molecule has 0 fully saturated rings. The van der Waals surface area contributed by atoms with Gasteiger partial charge in [-0.15, -0.1) is 0 Å². The standard InChI is InChI=1S/C14H22N2O2/c1-4-16(5-2)14(17)15-11-12-8-7-9-13(10-12)18-6-3/h7-10H,4-6,11H2,1-3H3,(H,15,17). The fraction of sp³-hybridized carbons (Fsp3) is 0.500. The van der Waals surface area contributed by atoms with Crippen molar-refractivity contribution < 1.29 is 9.53 Å². The maximum Gasteiger partial charge on any atom is 0.317 e.